The lowest BCUT2D eigenvalue weighted by atomic mass is 10.0. The van der Waals surface area contributed by atoms with Crippen LogP contribution in [0.4, 0.5) is 13.2 Å². The summed E-state index contributed by atoms with van der Waals surface area (Å²) in [5, 5.41) is 0. The van der Waals surface area contributed by atoms with E-state index < -0.39 is 11.7 Å². The van der Waals surface area contributed by atoms with Crippen molar-refractivity contribution in [3.8, 4) is 23.1 Å². The van der Waals surface area contributed by atoms with E-state index in [0.29, 0.717) is 24.3 Å². The summed E-state index contributed by atoms with van der Waals surface area (Å²) in [6.45, 7) is 2.75. The summed E-state index contributed by atoms with van der Waals surface area (Å²) in [6.07, 6.45) is 2.28. The number of pyridine rings is 1. The molecule has 38 heavy (non-hydrogen) atoms. The highest BCUT2D eigenvalue weighted by Gasteiger charge is 2.31. The zero-order valence-electron chi connectivity index (χ0n) is 20.4. The fraction of sp³-hybridized carbons (Fsp3) is 0.250. The molecule has 0 N–H and O–H groups in total. The summed E-state index contributed by atoms with van der Waals surface area (Å²) >= 11 is 0. The van der Waals surface area contributed by atoms with Crippen molar-refractivity contribution in [2.75, 3.05) is 13.1 Å². The number of likely N-dealkylation sites (tertiary alicyclic amines) is 1. The van der Waals surface area contributed by atoms with E-state index in [9.17, 15) is 22.8 Å². The summed E-state index contributed by atoms with van der Waals surface area (Å²) < 4.78 is 40.9. The van der Waals surface area contributed by atoms with Gasteiger partial charge in [-0.15, -0.1) is 0 Å². The molecule has 10 heteroatoms. The second-order valence-corrected chi connectivity index (χ2v) is 8.97. The molecule has 1 aromatic carbocycles. The van der Waals surface area contributed by atoms with Crippen molar-refractivity contribution in [2.24, 2.45) is 0 Å². The number of aromatic nitrogens is 4. The molecule has 1 amide bonds. The van der Waals surface area contributed by atoms with Crippen LogP contribution in [-0.2, 0) is 17.4 Å². The predicted molar refractivity (Wildman–Crippen MR) is 133 cm³/mol. The number of halogens is 3. The molecule has 0 radical (unpaired) electrons. The molecule has 1 aliphatic rings. The zero-order valence-corrected chi connectivity index (χ0v) is 20.4. The van der Waals surface area contributed by atoms with Crippen molar-refractivity contribution >= 4 is 17.2 Å². The second-order valence-electron chi connectivity index (χ2n) is 8.97. The normalized spacial score (nSPS) is 15.4. The Hall–Kier alpha value is -4.52. The summed E-state index contributed by atoms with van der Waals surface area (Å²) in [4.78, 5) is 39.7. The van der Waals surface area contributed by atoms with Gasteiger partial charge in [0.2, 0.25) is 0 Å². The van der Waals surface area contributed by atoms with Crippen LogP contribution in [-0.4, -0.2) is 49.0 Å². The average molecular weight is 518 g/mol. The number of hydrogen-bond acceptors (Lipinski definition) is 5. The molecule has 0 spiro atoms. The van der Waals surface area contributed by atoms with Crippen molar-refractivity contribution in [3.05, 3.63) is 83.8 Å². The van der Waals surface area contributed by atoms with Gasteiger partial charge in [0, 0.05) is 54.4 Å². The molecule has 1 fully saturated rings. The number of imidazole rings is 1. The first-order valence-electron chi connectivity index (χ1n) is 11.9. The minimum atomic E-state index is -4.50. The van der Waals surface area contributed by atoms with Crippen molar-refractivity contribution < 1.29 is 22.8 Å². The fourth-order valence-corrected chi connectivity index (χ4v) is 4.64. The van der Waals surface area contributed by atoms with Crippen LogP contribution in [0.2, 0.25) is 0 Å². The van der Waals surface area contributed by atoms with Gasteiger partial charge in [0.05, 0.1) is 29.4 Å². The SMILES string of the molecule is CC#CC(=O)N1CC[C@@H](c2nc(-c3ccc(C(=O)Cc4cc(C(F)(F)F)ccn4)cc3)c3cnccn23)C1. The molecule has 5 rings (SSSR count). The Labute approximate surface area is 216 Å². The molecule has 0 aliphatic carbocycles. The Morgan fingerprint density at radius 2 is 1.92 bits per heavy atom. The molecule has 7 nitrogen and oxygen atoms in total. The number of amides is 1. The van der Waals surface area contributed by atoms with E-state index >= 15 is 0 Å². The molecule has 1 aliphatic heterocycles. The number of Topliss-reactive ketones (excluding diaryl/α,β-unsaturated/α-hetero) is 1. The Kier molecular flexibility index (Phi) is 6.68. The van der Waals surface area contributed by atoms with Gasteiger partial charge in [-0.2, -0.15) is 13.2 Å². The summed E-state index contributed by atoms with van der Waals surface area (Å²) in [5.74, 6) is 5.54. The van der Waals surface area contributed by atoms with Crippen LogP contribution in [0, 0.1) is 11.8 Å². The maximum absolute atomic E-state index is 13.0. The number of hydrogen-bond donors (Lipinski definition) is 0. The van der Waals surface area contributed by atoms with Crippen LogP contribution in [0.25, 0.3) is 16.8 Å². The molecule has 0 unspecified atom stereocenters. The molecule has 0 saturated carbocycles. The maximum Gasteiger partial charge on any atom is 0.416 e. The first-order valence-corrected chi connectivity index (χ1v) is 11.9. The predicted octanol–water partition coefficient (Wildman–Crippen LogP) is 4.57. The maximum atomic E-state index is 13.0. The van der Waals surface area contributed by atoms with E-state index in [2.05, 4.69) is 21.8 Å². The third-order valence-corrected chi connectivity index (χ3v) is 6.51. The Morgan fingerprint density at radius 3 is 2.66 bits per heavy atom. The number of benzene rings is 1. The zero-order chi connectivity index (χ0) is 26.9. The number of ketones is 1. The van der Waals surface area contributed by atoms with E-state index in [-0.39, 0.29) is 29.7 Å². The first kappa shape index (κ1) is 25.1. The minimum absolute atomic E-state index is 0.0297. The van der Waals surface area contributed by atoms with Crippen molar-refractivity contribution in [2.45, 2.75) is 31.9 Å². The van der Waals surface area contributed by atoms with Gasteiger partial charge in [-0.1, -0.05) is 30.2 Å². The van der Waals surface area contributed by atoms with Crippen LogP contribution >= 0.6 is 0 Å². The van der Waals surface area contributed by atoms with Gasteiger partial charge in [0.1, 0.15) is 5.82 Å². The van der Waals surface area contributed by atoms with Crippen LogP contribution in [0.3, 0.4) is 0 Å². The number of carbonyl (C=O) groups is 2. The second kappa shape index (κ2) is 10.1. The molecule has 1 atom stereocenters. The van der Waals surface area contributed by atoms with Crippen LogP contribution in [0.1, 0.15) is 46.7 Å². The topological polar surface area (TPSA) is 80.5 Å². The van der Waals surface area contributed by atoms with Crippen LogP contribution in [0.15, 0.2) is 61.2 Å². The molecular weight excluding hydrogens is 495 g/mol. The monoisotopic (exact) mass is 517 g/mol. The highest BCUT2D eigenvalue weighted by molar-refractivity contribution is 5.98. The number of fused-ring (bicyclic) bond motifs is 1. The van der Waals surface area contributed by atoms with Crippen molar-refractivity contribution in [1.82, 2.24) is 24.3 Å². The quantitative estimate of drug-likeness (QED) is 0.286. The molecule has 1 saturated heterocycles. The number of alkyl halides is 3. The standard InChI is InChI=1S/C28H22F3N5O2/c1-2-3-25(38)35-12-9-20(17-35)27-34-26(23-16-32-11-13-36(23)27)19-6-4-18(5-7-19)24(37)15-22-14-21(8-10-33-22)28(29,30)31/h4-8,10-11,13-14,16,20H,9,12,15,17H2,1H3/t20-/m1/s1. The third-order valence-electron chi connectivity index (χ3n) is 6.51. The van der Waals surface area contributed by atoms with Gasteiger partial charge in [-0.3, -0.25) is 24.0 Å². The minimum Gasteiger partial charge on any atom is -0.331 e. The molecular formula is C28H22F3N5O2. The lowest BCUT2D eigenvalue weighted by Crippen LogP contribution is -2.27. The molecule has 192 valence electrons. The van der Waals surface area contributed by atoms with Crippen LogP contribution < -0.4 is 0 Å². The van der Waals surface area contributed by atoms with Gasteiger partial charge < -0.3 is 4.90 Å². The van der Waals surface area contributed by atoms with Gasteiger partial charge in [-0.05, 0) is 31.4 Å². The van der Waals surface area contributed by atoms with E-state index in [4.69, 9.17) is 4.98 Å². The highest BCUT2D eigenvalue weighted by Crippen LogP contribution is 2.32. The molecule has 4 aromatic rings. The van der Waals surface area contributed by atoms with E-state index in [1.807, 2.05) is 10.6 Å². The molecule has 0 bridgehead atoms. The summed E-state index contributed by atoms with van der Waals surface area (Å²) in [7, 11) is 0. The van der Waals surface area contributed by atoms with Crippen molar-refractivity contribution in [3.63, 3.8) is 0 Å². The summed E-state index contributed by atoms with van der Waals surface area (Å²) in [6, 6.07) is 8.55. The smallest absolute Gasteiger partial charge is 0.331 e. The number of nitrogens with zero attached hydrogens (tertiary/aromatic N) is 5. The van der Waals surface area contributed by atoms with E-state index in [1.54, 1.807) is 48.5 Å². The third kappa shape index (κ3) is 5.00. The Balaban J connectivity index is 1.38. The summed E-state index contributed by atoms with van der Waals surface area (Å²) in [5.41, 5.74) is 1.81. The lowest BCUT2D eigenvalue weighted by Gasteiger charge is -2.12. The fourth-order valence-electron chi connectivity index (χ4n) is 4.64. The van der Waals surface area contributed by atoms with Gasteiger partial charge >= 0.3 is 6.18 Å². The van der Waals surface area contributed by atoms with Crippen LogP contribution in [0.5, 0.6) is 0 Å². The largest absolute Gasteiger partial charge is 0.416 e. The average Bonchev–Trinajstić information content (AvgIpc) is 3.54. The molecule has 4 heterocycles. The van der Waals surface area contributed by atoms with E-state index in [0.717, 1.165) is 41.7 Å². The Morgan fingerprint density at radius 1 is 1.13 bits per heavy atom. The number of carbonyl (C=O) groups excluding carboxylic acids is 2. The first-order chi connectivity index (χ1) is 18.2. The van der Waals surface area contributed by atoms with Crippen molar-refractivity contribution in [1.29, 1.82) is 0 Å². The van der Waals surface area contributed by atoms with Gasteiger partial charge in [0.15, 0.2) is 5.78 Å². The number of rotatable bonds is 5. The highest BCUT2D eigenvalue weighted by atomic mass is 19.4. The van der Waals surface area contributed by atoms with E-state index in [1.165, 1.54) is 0 Å². The Bertz CT molecular complexity index is 1580. The van der Waals surface area contributed by atoms with Gasteiger partial charge in [0.25, 0.3) is 5.91 Å². The lowest BCUT2D eigenvalue weighted by molar-refractivity contribution is -0.137. The molecule has 3 aromatic heterocycles. The van der Waals surface area contributed by atoms with Gasteiger partial charge in [-0.25, -0.2) is 4.98 Å².